The lowest BCUT2D eigenvalue weighted by Crippen LogP contribution is -2.47. The zero-order valence-corrected chi connectivity index (χ0v) is 13.3. The van der Waals surface area contributed by atoms with Crippen molar-refractivity contribution < 1.29 is 23.1 Å². The van der Waals surface area contributed by atoms with E-state index in [1.54, 1.807) is 30.3 Å². The zero-order valence-electron chi connectivity index (χ0n) is 12.5. The molecule has 0 atom stereocenters. The van der Waals surface area contributed by atoms with Crippen LogP contribution in [0.25, 0.3) is 0 Å². The molecule has 9 heteroatoms. The third kappa shape index (κ3) is 4.50. The van der Waals surface area contributed by atoms with Crippen LogP contribution in [0.4, 0.5) is 5.69 Å². The number of piperidine rings is 1. The Bertz CT molecular complexity index is 669. The fourth-order valence-corrected chi connectivity index (χ4v) is 3.34. The smallest absolute Gasteiger partial charge is 0.323 e. The van der Waals surface area contributed by atoms with Crippen molar-refractivity contribution in [2.75, 3.05) is 24.5 Å². The second kappa shape index (κ2) is 7.07. The van der Waals surface area contributed by atoms with E-state index in [1.807, 2.05) is 0 Å². The van der Waals surface area contributed by atoms with E-state index in [-0.39, 0.29) is 19.0 Å². The minimum absolute atomic E-state index is 0.158. The van der Waals surface area contributed by atoms with Gasteiger partial charge in [0, 0.05) is 24.7 Å². The predicted molar refractivity (Wildman–Crippen MR) is 83.8 cm³/mol. The van der Waals surface area contributed by atoms with E-state index >= 15 is 0 Å². The number of rotatable bonds is 5. The topological polar surface area (TPSA) is 121 Å². The maximum Gasteiger partial charge on any atom is 0.323 e. The SMILES string of the molecule is NS(=O)(=O)N1CCC(C(=O)N(CC(=O)O)c2ccccc2)CC1. The third-order valence-corrected chi connectivity index (χ3v) is 4.88. The largest absolute Gasteiger partial charge is 0.480 e. The van der Waals surface area contributed by atoms with Gasteiger partial charge in [-0.3, -0.25) is 9.59 Å². The van der Waals surface area contributed by atoms with Crippen molar-refractivity contribution in [1.82, 2.24) is 4.31 Å². The lowest BCUT2D eigenvalue weighted by atomic mass is 9.96. The highest BCUT2D eigenvalue weighted by atomic mass is 32.2. The molecular formula is C14H19N3O5S. The summed E-state index contributed by atoms with van der Waals surface area (Å²) in [7, 11) is -3.75. The number of carbonyl (C=O) groups excluding carboxylic acids is 1. The quantitative estimate of drug-likeness (QED) is 0.782. The molecule has 2 rings (SSSR count). The number of anilines is 1. The molecule has 0 aliphatic carbocycles. The standard InChI is InChI=1S/C14H19N3O5S/c15-23(21,22)16-8-6-11(7-9-16)14(20)17(10-13(18)19)12-4-2-1-3-5-12/h1-5,11H,6-10H2,(H,18,19)(H2,15,21,22). The molecule has 0 saturated carbocycles. The molecule has 1 aromatic rings. The molecule has 1 aromatic carbocycles. The van der Waals surface area contributed by atoms with Gasteiger partial charge in [0.25, 0.3) is 10.2 Å². The summed E-state index contributed by atoms with van der Waals surface area (Å²) in [5.74, 6) is -1.84. The summed E-state index contributed by atoms with van der Waals surface area (Å²) in [5.41, 5.74) is 0.508. The molecular weight excluding hydrogens is 322 g/mol. The summed E-state index contributed by atoms with van der Waals surface area (Å²) in [4.78, 5) is 24.9. The highest BCUT2D eigenvalue weighted by Gasteiger charge is 2.32. The van der Waals surface area contributed by atoms with Crippen LogP contribution in [0.1, 0.15) is 12.8 Å². The van der Waals surface area contributed by atoms with Crippen LogP contribution in [0.3, 0.4) is 0 Å². The van der Waals surface area contributed by atoms with Crippen LogP contribution in [-0.2, 0) is 19.8 Å². The molecule has 3 N–H and O–H groups in total. The van der Waals surface area contributed by atoms with Gasteiger partial charge in [0.1, 0.15) is 6.54 Å². The number of aliphatic carboxylic acids is 1. The Morgan fingerprint density at radius 1 is 1.22 bits per heavy atom. The Balaban J connectivity index is 2.11. The third-order valence-electron chi connectivity index (χ3n) is 3.79. The molecule has 1 amide bonds. The molecule has 1 fully saturated rings. The number of para-hydroxylation sites is 1. The Kier molecular flexibility index (Phi) is 5.34. The van der Waals surface area contributed by atoms with Crippen LogP contribution >= 0.6 is 0 Å². The molecule has 1 aliphatic rings. The number of benzene rings is 1. The molecule has 0 unspecified atom stereocenters. The molecule has 0 radical (unpaired) electrons. The van der Waals surface area contributed by atoms with Crippen molar-refractivity contribution in [3.05, 3.63) is 30.3 Å². The van der Waals surface area contributed by atoms with Gasteiger partial charge in [-0.05, 0) is 25.0 Å². The second-order valence-electron chi connectivity index (χ2n) is 5.37. The first-order valence-electron chi connectivity index (χ1n) is 7.15. The van der Waals surface area contributed by atoms with E-state index in [4.69, 9.17) is 10.2 Å². The average molecular weight is 341 g/mol. The molecule has 1 aliphatic heterocycles. The number of carboxylic acid groups (broad SMARTS) is 1. The molecule has 0 aromatic heterocycles. The molecule has 0 bridgehead atoms. The number of nitrogens with zero attached hydrogens (tertiary/aromatic N) is 2. The summed E-state index contributed by atoms with van der Waals surface area (Å²) in [6, 6.07) is 8.56. The van der Waals surface area contributed by atoms with E-state index in [9.17, 15) is 18.0 Å². The molecule has 23 heavy (non-hydrogen) atoms. The maximum atomic E-state index is 12.7. The van der Waals surface area contributed by atoms with Crippen LogP contribution < -0.4 is 10.0 Å². The fraction of sp³-hybridized carbons (Fsp3) is 0.429. The van der Waals surface area contributed by atoms with Gasteiger partial charge in [-0.1, -0.05) is 18.2 Å². The Labute approximate surface area is 134 Å². The Morgan fingerprint density at radius 2 is 1.78 bits per heavy atom. The van der Waals surface area contributed by atoms with Crippen LogP contribution in [0.15, 0.2) is 30.3 Å². The highest BCUT2D eigenvalue weighted by molar-refractivity contribution is 7.86. The van der Waals surface area contributed by atoms with Gasteiger partial charge < -0.3 is 10.0 Å². The Hall–Kier alpha value is -1.97. The maximum absolute atomic E-state index is 12.7. The number of hydrogen-bond donors (Lipinski definition) is 2. The minimum Gasteiger partial charge on any atom is -0.480 e. The monoisotopic (exact) mass is 341 g/mol. The fourth-order valence-electron chi connectivity index (χ4n) is 2.62. The van der Waals surface area contributed by atoms with E-state index in [1.165, 1.54) is 4.90 Å². The van der Waals surface area contributed by atoms with Gasteiger partial charge in [-0.25, -0.2) is 5.14 Å². The summed E-state index contributed by atoms with van der Waals surface area (Å²) in [6.45, 7) is -0.117. The zero-order chi connectivity index (χ0) is 17.0. The first-order valence-corrected chi connectivity index (χ1v) is 8.65. The number of carbonyl (C=O) groups is 2. The van der Waals surface area contributed by atoms with Crippen LogP contribution in [0, 0.1) is 5.92 Å². The lowest BCUT2D eigenvalue weighted by Gasteiger charge is -2.32. The first-order chi connectivity index (χ1) is 10.8. The summed E-state index contributed by atoms with van der Waals surface area (Å²) in [6.07, 6.45) is 0.635. The van der Waals surface area contributed by atoms with Crippen molar-refractivity contribution in [2.45, 2.75) is 12.8 Å². The second-order valence-corrected chi connectivity index (χ2v) is 6.92. The Morgan fingerprint density at radius 3 is 2.26 bits per heavy atom. The number of nitrogens with two attached hydrogens (primary N) is 1. The van der Waals surface area contributed by atoms with Crippen molar-refractivity contribution in [2.24, 2.45) is 11.1 Å². The summed E-state index contributed by atoms with van der Waals surface area (Å²) in [5, 5.41) is 14.1. The minimum atomic E-state index is -3.75. The molecule has 1 saturated heterocycles. The van der Waals surface area contributed by atoms with E-state index < -0.39 is 28.6 Å². The van der Waals surface area contributed by atoms with Gasteiger partial charge in [-0.2, -0.15) is 12.7 Å². The molecule has 1 heterocycles. The van der Waals surface area contributed by atoms with Crippen LogP contribution in [0.5, 0.6) is 0 Å². The van der Waals surface area contributed by atoms with Gasteiger partial charge in [0.15, 0.2) is 0 Å². The van der Waals surface area contributed by atoms with E-state index in [2.05, 4.69) is 0 Å². The number of amides is 1. The average Bonchev–Trinajstić information content (AvgIpc) is 2.52. The highest BCUT2D eigenvalue weighted by Crippen LogP contribution is 2.24. The first kappa shape index (κ1) is 17.4. The van der Waals surface area contributed by atoms with Crippen molar-refractivity contribution >= 4 is 27.8 Å². The lowest BCUT2D eigenvalue weighted by molar-refractivity contribution is -0.137. The molecule has 8 nitrogen and oxygen atoms in total. The summed E-state index contributed by atoms with van der Waals surface area (Å²) < 4.78 is 23.7. The predicted octanol–water partition coefficient (Wildman–Crippen LogP) is 0.0197. The van der Waals surface area contributed by atoms with Crippen LogP contribution in [0.2, 0.25) is 0 Å². The van der Waals surface area contributed by atoms with Gasteiger partial charge >= 0.3 is 5.97 Å². The normalized spacial score (nSPS) is 16.9. The van der Waals surface area contributed by atoms with Crippen molar-refractivity contribution in [1.29, 1.82) is 0 Å². The molecule has 0 spiro atoms. The van der Waals surface area contributed by atoms with E-state index in [0.29, 0.717) is 18.5 Å². The van der Waals surface area contributed by atoms with Crippen molar-refractivity contribution in [3.63, 3.8) is 0 Å². The van der Waals surface area contributed by atoms with Gasteiger partial charge in [0.05, 0.1) is 0 Å². The van der Waals surface area contributed by atoms with E-state index in [0.717, 1.165) is 4.31 Å². The van der Waals surface area contributed by atoms with Gasteiger partial charge in [0.2, 0.25) is 5.91 Å². The van der Waals surface area contributed by atoms with Gasteiger partial charge in [-0.15, -0.1) is 0 Å². The van der Waals surface area contributed by atoms with Crippen molar-refractivity contribution in [3.8, 4) is 0 Å². The molecule has 126 valence electrons. The number of carboxylic acids is 1. The number of hydrogen-bond acceptors (Lipinski definition) is 4. The summed E-state index contributed by atoms with van der Waals surface area (Å²) >= 11 is 0. The van der Waals surface area contributed by atoms with Crippen LogP contribution in [-0.4, -0.2) is 49.3 Å².